The Morgan fingerprint density at radius 1 is 1.40 bits per heavy atom. The largest absolute Gasteiger partial charge is 0.453 e. The third kappa shape index (κ3) is 3.27. The van der Waals surface area contributed by atoms with Crippen molar-refractivity contribution in [3.63, 3.8) is 0 Å². The Morgan fingerprint density at radius 3 is 2.85 bits per heavy atom. The molecule has 1 aliphatic heterocycles. The van der Waals surface area contributed by atoms with E-state index in [2.05, 4.69) is 32.9 Å². The van der Waals surface area contributed by atoms with Crippen molar-refractivity contribution in [2.45, 2.75) is 39.2 Å². The number of carbonyl (C=O) groups is 1. The van der Waals surface area contributed by atoms with E-state index in [9.17, 15) is 9.00 Å². The molecule has 2 rings (SSSR count). The van der Waals surface area contributed by atoms with Gasteiger partial charge in [0.15, 0.2) is 0 Å². The average Bonchev–Trinajstić information content (AvgIpc) is 2.44. The third-order valence-corrected chi connectivity index (χ3v) is 5.07. The number of cyclic esters (lactones) is 1. The SMILES string of the molecule is CCC(C)(C)c1cccc(CN2CCOC(=O)S2=O)c1. The highest BCUT2D eigenvalue weighted by Crippen LogP contribution is 2.27. The second kappa shape index (κ2) is 6.06. The molecule has 0 aromatic heterocycles. The minimum Gasteiger partial charge on any atom is -0.453 e. The molecule has 1 aliphatic rings. The molecular formula is C15H21NO3S. The van der Waals surface area contributed by atoms with Gasteiger partial charge in [0.1, 0.15) is 6.61 Å². The molecule has 110 valence electrons. The summed E-state index contributed by atoms with van der Waals surface area (Å²) in [6, 6.07) is 8.29. The molecule has 1 aromatic carbocycles. The number of hydrogen-bond donors (Lipinski definition) is 0. The van der Waals surface area contributed by atoms with Crippen LogP contribution in [0.15, 0.2) is 24.3 Å². The summed E-state index contributed by atoms with van der Waals surface area (Å²) in [5.74, 6) is 0. The van der Waals surface area contributed by atoms with E-state index < -0.39 is 16.3 Å². The lowest BCUT2D eigenvalue weighted by Crippen LogP contribution is -2.39. The zero-order valence-electron chi connectivity index (χ0n) is 12.2. The van der Waals surface area contributed by atoms with Gasteiger partial charge in [0, 0.05) is 13.1 Å². The molecule has 5 heteroatoms. The molecule has 0 bridgehead atoms. The second-order valence-corrected chi connectivity index (χ2v) is 7.00. The first-order chi connectivity index (χ1) is 9.44. The number of benzene rings is 1. The van der Waals surface area contributed by atoms with E-state index in [1.807, 2.05) is 12.1 Å². The number of hydrogen-bond acceptors (Lipinski definition) is 3. The van der Waals surface area contributed by atoms with Crippen LogP contribution in [0.3, 0.4) is 0 Å². The van der Waals surface area contributed by atoms with E-state index in [1.165, 1.54) is 5.56 Å². The van der Waals surface area contributed by atoms with Crippen LogP contribution in [0.25, 0.3) is 0 Å². The fourth-order valence-corrected chi connectivity index (χ4v) is 3.01. The van der Waals surface area contributed by atoms with Crippen LogP contribution in [0.1, 0.15) is 38.3 Å². The molecule has 0 spiro atoms. The quantitative estimate of drug-likeness (QED) is 0.802. The summed E-state index contributed by atoms with van der Waals surface area (Å²) in [6.45, 7) is 7.92. The van der Waals surface area contributed by atoms with Crippen molar-refractivity contribution >= 4 is 16.3 Å². The topological polar surface area (TPSA) is 46.6 Å². The Morgan fingerprint density at radius 2 is 2.15 bits per heavy atom. The van der Waals surface area contributed by atoms with Crippen molar-refractivity contribution in [2.24, 2.45) is 0 Å². The predicted molar refractivity (Wildman–Crippen MR) is 79.7 cm³/mol. The molecule has 1 aromatic rings. The summed E-state index contributed by atoms with van der Waals surface area (Å²) in [4.78, 5) is 11.3. The van der Waals surface area contributed by atoms with Crippen molar-refractivity contribution < 1.29 is 13.7 Å². The van der Waals surface area contributed by atoms with Crippen molar-refractivity contribution in [1.29, 1.82) is 0 Å². The highest BCUT2D eigenvalue weighted by Gasteiger charge is 2.27. The predicted octanol–water partition coefficient (Wildman–Crippen LogP) is 2.99. The van der Waals surface area contributed by atoms with Gasteiger partial charge in [0.2, 0.25) is 11.0 Å². The first kappa shape index (κ1) is 15.2. The highest BCUT2D eigenvalue weighted by molar-refractivity contribution is 7.97. The fraction of sp³-hybridized carbons (Fsp3) is 0.533. The fourth-order valence-electron chi connectivity index (χ4n) is 2.11. The average molecular weight is 295 g/mol. The maximum absolute atomic E-state index is 11.8. The molecule has 0 N–H and O–H groups in total. The number of nitrogens with zero attached hydrogens (tertiary/aromatic N) is 1. The van der Waals surface area contributed by atoms with Crippen LogP contribution < -0.4 is 0 Å². The molecule has 0 amide bonds. The summed E-state index contributed by atoms with van der Waals surface area (Å²) < 4.78 is 18.3. The molecule has 1 atom stereocenters. The lowest BCUT2D eigenvalue weighted by Gasteiger charge is -2.26. The Labute approximate surface area is 122 Å². The summed E-state index contributed by atoms with van der Waals surface area (Å²) in [7, 11) is -1.68. The van der Waals surface area contributed by atoms with Gasteiger partial charge in [0.05, 0.1) is 0 Å². The minimum atomic E-state index is -1.68. The van der Waals surface area contributed by atoms with Gasteiger partial charge in [-0.2, -0.15) is 0 Å². The van der Waals surface area contributed by atoms with Crippen LogP contribution in [0.4, 0.5) is 4.79 Å². The van der Waals surface area contributed by atoms with E-state index >= 15 is 0 Å². The monoisotopic (exact) mass is 295 g/mol. The van der Waals surface area contributed by atoms with Gasteiger partial charge in [0.25, 0.3) is 0 Å². The van der Waals surface area contributed by atoms with Crippen LogP contribution in [0.2, 0.25) is 0 Å². The van der Waals surface area contributed by atoms with Crippen LogP contribution in [0.5, 0.6) is 0 Å². The lowest BCUT2D eigenvalue weighted by atomic mass is 9.82. The normalized spacial score (nSPS) is 20.8. The van der Waals surface area contributed by atoms with E-state index in [0.29, 0.717) is 19.7 Å². The van der Waals surface area contributed by atoms with Crippen molar-refractivity contribution in [1.82, 2.24) is 4.31 Å². The van der Waals surface area contributed by atoms with Gasteiger partial charge < -0.3 is 4.74 Å². The molecule has 4 nitrogen and oxygen atoms in total. The number of rotatable bonds is 4. The second-order valence-electron chi connectivity index (χ2n) is 5.65. The maximum Gasteiger partial charge on any atom is 0.413 e. The van der Waals surface area contributed by atoms with Crippen LogP contribution in [-0.2, 0) is 27.7 Å². The smallest absolute Gasteiger partial charge is 0.413 e. The molecular weight excluding hydrogens is 274 g/mol. The Bertz CT molecular complexity index is 528. The molecule has 1 unspecified atom stereocenters. The zero-order valence-corrected chi connectivity index (χ0v) is 13.0. The van der Waals surface area contributed by atoms with Crippen molar-refractivity contribution in [3.05, 3.63) is 35.4 Å². The van der Waals surface area contributed by atoms with E-state index in [4.69, 9.17) is 4.74 Å². The van der Waals surface area contributed by atoms with E-state index in [1.54, 1.807) is 4.31 Å². The molecule has 1 saturated heterocycles. The van der Waals surface area contributed by atoms with Gasteiger partial charge in [-0.1, -0.05) is 45.0 Å². The standard InChI is InChI=1S/C15H21NO3S/c1-4-15(2,3)13-7-5-6-12(10-13)11-16-8-9-19-14(17)20(16)18/h5-7,10H,4,8-9,11H2,1-3H3. The van der Waals surface area contributed by atoms with Gasteiger partial charge in [-0.25, -0.2) is 13.3 Å². The summed E-state index contributed by atoms with van der Waals surface area (Å²) >= 11 is 0. The molecule has 0 radical (unpaired) electrons. The Hall–Kier alpha value is -1.20. The maximum atomic E-state index is 11.8. The molecule has 0 saturated carbocycles. The first-order valence-electron chi connectivity index (χ1n) is 6.87. The molecule has 1 fully saturated rings. The van der Waals surface area contributed by atoms with Gasteiger partial charge >= 0.3 is 5.30 Å². The van der Waals surface area contributed by atoms with E-state index in [0.717, 1.165) is 12.0 Å². The van der Waals surface area contributed by atoms with E-state index in [-0.39, 0.29) is 5.41 Å². The minimum absolute atomic E-state index is 0.121. The molecule has 20 heavy (non-hydrogen) atoms. The van der Waals surface area contributed by atoms with Gasteiger partial charge in [-0.05, 0) is 23.0 Å². The lowest BCUT2D eigenvalue weighted by molar-refractivity contribution is 0.153. The first-order valence-corrected chi connectivity index (χ1v) is 7.98. The zero-order chi connectivity index (χ0) is 14.8. The summed E-state index contributed by atoms with van der Waals surface area (Å²) in [6.07, 6.45) is 1.05. The van der Waals surface area contributed by atoms with Crippen LogP contribution in [0, 0.1) is 0 Å². The third-order valence-electron chi connectivity index (χ3n) is 3.89. The van der Waals surface area contributed by atoms with Gasteiger partial charge in [-0.3, -0.25) is 0 Å². The Kier molecular flexibility index (Phi) is 4.60. The summed E-state index contributed by atoms with van der Waals surface area (Å²) in [5, 5.41) is -0.638. The van der Waals surface area contributed by atoms with Crippen molar-refractivity contribution in [3.8, 4) is 0 Å². The summed E-state index contributed by atoms with van der Waals surface area (Å²) in [5.41, 5.74) is 2.46. The highest BCUT2D eigenvalue weighted by atomic mass is 32.2. The van der Waals surface area contributed by atoms with Crippen LogP contribution in [-0.4, -0.2) is 27.0 Å². The Balaban J connectivity index is 2.16. The molecule has 0 aliphatic carbocycles. The molecule has 1 heterocycles. The number of carbonyl (C=O) groups excluding carboxylic acids is 1. The van der Waals surface area contributed by atoms with Crippen LogP contribution >= 0.6 is 0 Å². The number of ether oxygens (including phenoxy) is 1. The van der Waals surface area contributed by atoms with Gasteiger partial charge in [-0.15, -0.1) is 0 Å². The van der Waals surface area contributed by atoms with Crippen molar-refractivity contribution in [2.75, 3.05) is 13.2 Å².